The van der Waals surface area contributed by atoms with Gasteiger partial charge in [0.1, 0.15) is 5.82 Å². The fraction of sp³-hybridized carbons (Fsp3) is 0.105. The van der Waals surface area contributed by atoms with Crippen molar-refractivity contribution in [2.75, 3.05) is 6.54 Å². The maximum Gasteiger partial charge on any atom is 0.251 e. The van der Waals surface area contributed by atoms with Crippen LogP contribution in [0.25, 0.3) is 10.9 Å². The van der Waals surface area contributed by atoms with Gasteiger partial charge in [-0.3, -0.25) is 4.79 Å². The van der Waals surface area contributed by atoms with Crippen molar-refractivity contribution in [3.63, 3.8) is 0 Å². The number of terminal acetylenes is 1. The molecule has 5 heteroatoms. The van der Waals surface area contributed by atoms with Gasteiger partial charge in [0, 0.05) is 34.3 Å². The molecule has 0 aliphatic heterocycles. The summed E-state index contributed by atoms with van der Waals surface area (Å²) in [5, 5.41) is 3.91. The first-order valence-electron chi connectivity index (χ1n) is 7.38. The number of halogens is 2. The maximum absolute atomic E-state index is 13.8. The SMILES string of the molecule is C#Cc1ccc(C(=O)NCCc2c[nH]c3c(F)cc(Cl)cc23)cc1. The lowest BCUT2D eigenvalue weighted by Gasteiger charge is -2.05. The van der Waals surface area contributed by atoms with Gasteiger partial charge in [-0.25, -0.2) is 4.39 Å². The van der Waals surface area contributed by atoms with Gasteiger partial charge in [0.15, 0.2) is 0 Å². The number of amides is 1. The number of carbonyl (C=O) groups excluding carboxylic acids is 1. The van der Waals surface area contributed by atoms with E-state index in [1.54, 1.807) is 36.5 Å². The number of aromatic nitrogens is 1. The van der Waals surface area contributed by atoms with Crippen LogP contribution in [-0.4, -0.2) is 17.4 Å². The Morgan fingerprint density at radius 1 is 1.29 bits per heavy atom. The summed E-state index contributed by atoms with van der Waals surface area (Å²) in [6.07, 6.45) is 7.58. The molecule has 1 heterocycles. The summed E-state index contributed by atoms with van der Waals surface area (Å²) in [7, 11) is 0. The Balaban J connectivity index is 1.66. The lowest BCUT2D eigenvalue weighted by atomic mass is 10.1. The molecule has 2 N–H and O–H groups in total. The Hall–Kier alpha value is -2.77. The molecule has 0 saturated carbocycles. The van der Waals surface area contributed by atoms with Crippen molar-refractivity contribution in [3.8, 4) is 12.3 Å². The molecule has 0 unspecified atom stereocenters. The summed E-state index contributed by atoms with van der Waals surface area (Å²) in [6, 6.07) is 9.80. The zero-order chi connectivity index (χ0) is 17.1. The van der Waals surface area contributed by atoms with Gasteiger partial charge in [-0.1, -0.05) is 17.5 Å². The highest BCUT2D eigenvalue weighted by atomic mass is 35.5. The molecule has 0 aliphatic carbocycles. The van der Waals surface area contributed by atoms with E-state index in [1.807, 2.05) is 0 Å². The van der Waals surface area contributed by atoms with Crippen LogP contribution in [0.4, 0.5) is 4.39 Å². The van der Waals surface area contributed by atoms with Crippen molar-refractivity contribution < 1.29 is 9.18 Å². The van der Waals surface area contributed by atoms with Crippen LogP contribution in [0.3, 0.4) is 0 Å². The quantitative estimate of drug-likeness (QED) is 0.695. The normalized spacial score (nSPS) is 10.5. The van der Waals surface area contributed by atoms with Crippen LogP contribution in [0.15, 0.2) is 42.6 Å². The van der Waals surface area contributed by atoms with Crippen molar-refractivity contribution in [2.45, 2.75) is 6.42 Å². The maximum atomic E-state index is 13.8. The third kappa shape index (κ3) is 3.27. The first kappa shape index (κ1) is 16.1. The van der Waals surface area contributed by atoms with Crippen molar-refractivity contribution >= 4 is 28.4 Å². The molecular weight excluding hydrogens is 327 g/mol. The van der Waals surface area contributed by atoms with Gasteiger partial charge in [-0.2, -0.15) is 0 Å². The highest BCUT2D eigenvalue weighted by molar-refractivity contribution is 6.31. The molecule has 1 aromatic heterocycles. The van der Waals surface area contributed by atoms with Crippen molar-refractivity contribution in [1.29, 1.82) is 0 Å². The third-order valence-corrected chi connectivity index (χ3v) is 4.00. The molecule has 0 bridgehead atoms. The number of rotatable bonds is 4. The summed E-state index contributed by atoms with van der Waals surface area (Å²) >= 11 is 5.90. The van der Waals surface area contributed by atoms with Crippen LogP contribution < -0.4 is 5.32 Å². The van der Waals surface area contributed by atoms with E-state index >= 15 is 0 Å². The van der Waals surface area contributed by atoms with E-state index in [4.69, 9.17) is 18.0 Å². The molecule has 3 rings (SSSR count). The first-order chi connectivity index (χ1) is 11.6. The number of carbonyl (C=O) groups is 1. The number of aromatic amines is 1. The van der Waals surface area contributed by atoms with Gasteiger partial charge < -0.3 is 10.3 Å². The lowest BCUT2D eigenvalue weighted by Crippen LogP contribution is -2.25. The Kier molecular flexibility index (Phi) is 4.54. The summed E-state index contributed by atoms with van der Waals surface area (Å²) in [5.41, 5.74) is 2.59. The Morgan fingerprint density at radius 3 is 2.75 bits per heavy atom. The fourth-order valence-electron chi connectivity index (χ4n) is 2.55. The monoisotopic (exact) mass is 340 g/mol. The van der Waals surface area contributed by atoms with E-state index in [-0.39, 0.29) is 11.7 Å². The standard InChI is InChI=1S/C19H14ClFN2O/c1-2-12-3-5-13(6-4-12)19(24)22-8-7-14-11-23-18-16(14)9-15(20)10-17(18)21/h1,3-6,9-11,23H,7-8H2,(H,22,24). The topological polar surface area (TPSA) is 44.9 Å². The minimum atomic E-state index is -0.388. The molecular formula is C19H14ClFN2O. The number of nitrogens with one attached hydrogen (secondary N) is 2. The lowest BCUT2D eigenvalue weighted by molar-refractivity contribution is 0.0954. The van der Waals surface area contributed by atoms with Gasteiger partial charge in [0.05, 0.1) is 5.52 Å². The molecule has 3 nitrogen and oxygen atoms in total. The number of hydrogen-bond acceptors (Lipinski definition) is 1. The van der Waals surface area contributed by atoms with Crippen LogP contribution in [0.1, 0.15) is 21.5 Å². The van der Waals surface area contributed by atoms with E-state index in [0.29, 0.717) is 29.1 Å². The molecule has 0 saturated heterocycles. The molecule has 2 aromatic carbocycles. The largest absolute Gasteiger partial charge is 0.359 e. The Bertz CT molecular complexity index is 938. The molecule has 0 fully saturated rings. The van der Waals surface area contributed by atoms with E-state index in [0.717, 1.165) is 16.5 Å². The van der Waals surface area contributed by atoms with Crippen LogP contribution in [0.2, 0.25) is 5.02 Å². The molecule has 3 aromatic rings. The zero-order valence-corrected chi connectivity index (χ0v) is 13.5. The first-order valence-corrected chi connectivity index (χ1v) is 7.76. The predicted molar refractivity (Wildman–Crippen MR) is 93.7 cm³/mol. The third-order valence-electron chi connectivity index (χ3n) is 3.79. The second-order valence-corrected chi connectivity index (χ2v) is 5.79. The van der Waals surface area contributed by atoms with E-state index in [2.05, 4.69) is 16.2 Å². The summed E-state index contributed by atoms with van der Waals surface area (Å²) in [4.78, 5) is 15.0. The van der Waals surface area contributed by atoms with Crippen molar-refractivity contribution in [1.82, 2.24) is 10.3 Å². The predicted octanol–water partition coefficient (Wildman–Crippen LogP) is 3.91. The van der Waals surface area contributed by atoms with Crippen molar-refractivity contribution in [3.05, 3.63) is 70.1 Å². The van der Waals surface area contributed by atoms with Crippen LogP contribution >= 0.6 is 11.6 Å². The second-order valence-electron chi connectivity index (χ2n) is 5.35. The molecule has 0 radical (unpaired) electrons. The number of fused-ring (bicyclic) bond motifs is 1. The minimum Gasteiger partial charge on any atom is -0.359 e. The van der Waals surface area contributed by atoms with E-state index in [1.165, 1.54) is 6.07 Å². The summed E-state index contributed by atoms with van der Waals surface area (Å²) in [5.74, 6) is 1.94. The van der Waals surface area contributed by atoms with E-state index < -0.39 is 0 Å². The molecule has 120 valence electrons. The van der Waals surface area contributed by atoms with Gasteiger partial charge >= 0.3 is 0 Å². The Morgan fingerprint density at radius 2 is 2.04 bits per heavy atom. The fourth-order valence-corrected chi connectivity index (χ4v) is 2.75. The van der Waals surface area contributed by atoms with Gasteiger partial charge in [-0.05, 0) is 48.4 Å². The highest BCUT2D eigenvalue weighted by Gasteiger charge is 2.10. The highest BCUT2D eigenvalue weighted by Crippen LogP contribution is 2.25. The second kappa shape index (κ2) is 6.77. The summed E-state index contributed by atoms with van der Waals surface area (Å²) < 4.78 is 13.8. The molecule has 0 spiro atoms. The van der Waals surface area contributed by atoms with Crippen LogP contribution in [-0.2, 0) is 6.42 Å². The Labute approximate surface area is 143 Å². The molecule has 0 aliphatic rings. The smallest absolute Gasteiger partial charge is 0.251 e. The van der Waals surface area contributed by atoms with E-state index in [9.17, 15) is 9.18 Å². The molecule has 24 heavy (non-hydrogen) atoms. The number of hydrogen-bond donors (Lipinski definition) is 2. The molecule has 0 atom stereocenters. The van der Waals surface area contributed by atoms with Gasteiger partial charge in [0.25, 0.3) is 5.91 Å². The number of H-pyrrole nitrogens is 1. The van der Waals surface area contributed by atoms with Gasteiger partial charge in [0.2, 0.25) is 0 Å². The van der Waals surface area contributed by atoms with Gasteiger partial charge in [-0.15, -0.1) is 6.42 Å². The average molecular weight is 341 g/mol. The summed E-state index contributed by atoms with van der Waals surface area (Å²) in [6.45, 7) is 0.427. The number of benzene rings is 2. The minimum absolute atomic E-state index is 0.178. The average Bonchev–Trinajstić information content (AvgIpc) is 2.98. The zero-order valence-electron chi connectivity index (χ0n) is 12.7. The van der Waals surface area contributed by atoms with Crippen LogP contribution in [0, 0.1) is 18.2 Å². The molecule has 1 amide bonds. The van der Waals surface area contributed by atoms with Crippen molar-refractivity contribution in [2.24, 2.45) is 0 Å². The van der Waals surface area contributed by atoms with Crippen LogP contribution in [0.5, 0.6) is 0 Å².